The van der Waals surface area contributed by atoms with Gasteiger partial charge in [-0.2, -0.15) is 0 Å². The molecule has 21 heavy (non-hydrogen) atoms. The average Bonchev–Trinajstić information content (AvgIpc) is 2.50. The van der Waals surface area contributed by atoms with Crippen LogP contribution in [0.5, 0.6) is 11.5 Å². The Morgan fingerprint density at radius 1 is 0.952 bits per heavy atom. The molecule has 0 aliphatic carbocycles. The Balaban J connectivity index is 1.73. The minimum absolute atomic E-state index is 0.695. The number of benzene rings is 2. The van der Waals surface area contributed by atoms with Crippen molar-refractivity contribution in [3.8, 4) is 11.5 Å². The van der Waals surface area contributed by atoms with Crippen LogP contribution >= 0.6 is 11.6 Å². The van der Waals surface area contributed by atoms with Crippen molar-refractivity contribution in [2.75, 3.05) is 0 Å². The van der Waals surface area contributed by atoms with E-state index in [1.165, 1.54) is 0 Å². The third-order valence-corrected chi connectivity index (χ3v) is 4.75. The number of fused-ring (bicyclic) bond motifs is 1. The Kier molecular flexibility index (Phi) is 4.38. The van der Waals surface area contributed by atoms with Crippen molar-refractivity contribution in [1.29, 1.82) is 0 Å². The Bertz CT molecular complexity index is 762. The van der Waals surface area contributed by atoms with E-state index in [2.05, 4.69) is 4.98 Å². The summed E-state index contributed by atoms with van der Waals surface area (Å²) < 4.78 is 11.5. The summed E-state index contributed by atoms with van der Waals surface area (Å²) in [5.74, 6) is 1.56. The van der Waals surface area contributed by atoms with Crippen LogP contribution in [-0.2, 0) is 0 Å². The molecule has 3 rings (SSSR count). The van der Waals surface area contributed by atoms with Crippen LogP contribution in [0.15, 0.2) is 54.6 Å². The van der Waals surface area contributed by atoms with Crippen LogP contribution in [0.4, 0.5) is 0 Å². The van der Waals surface area contributed by atoms with Crippen LogP contribution in [0.3, 0.4) is 0 Å². The predicted octanol–water partition coefficient (Wildman–Crippen LogP) is 4.19. The van der Waals surface area contributed by atoms with E-state index in [4.69, 9.17) is 18.7 Å². The molecule has 0 saturated heterocycles. The van der Waals surface area contributed by atoms with Gasteiger partial charge in [0.15, 0.2) is 0 Å². The third kappa shape index (κ3) is 3.53. The summed E-state index contributed by atoms with van der Waals surface area (Å²) in [6, 6.07) is 17.3. The summed E-state index contributed by atoms with van der Waals surface area (Å²) in [5.41, 5.74) is 1.86. The van der Waals surface area contributed by atoms with E-state index in [-0.39, 0.29) is 0 Å². The normalized spacial score (nSPS) is 10.4. The van der Waals surface area contributed by atoms with Crippen molar-refractivity contribution >= 4 is 40.6 Å². The molecule has 0 bridgehead atoms. The number of rotatable bonds is 4. The fraction of sp³-hybridized carbons (Fsp3) is 0.0625. The molecule has 0 spiro atoms. The molecule has 0 unspecified atom stereocenters. The van der Waals surface area contributed by atoms with E-state index < -0.39 is 18.1 Å². The first-order valence-corrected chi connectivity index (χ1v) is 8.85. The second kappa shape index (κ2) is 6.43. The second-order valence-electron chi connectivity index (χ2n) is 4.57. The van der Waals surface area contributed by atoms with Crippen molar-refractivity contribution in [2.24, 2.45) is 0 Å². The van der Waals surface area contributed by atoms with Crippen LogP contribution in [-0.4, -0.2) is 23.1 Å². The number of hydrogen-bond donors (Lipinski definition) is 0. The van der Waals surface area contributed by atoms with Gasteiger partial charge in [-0.25, -0.2) is 0 Å². The first kappa shape index (κ1) is 14.3. The summed E-state index contributed by atoms with van der Waals surface area (Å²) in [6.07, 6.45) is 0. The van der Waals surface area contributed by atoms with Gasteiger partial charge in [-0.3, -0.25) is 0 Å². The zero-order valence-electron chi connectivity index (χ0n) is 11.4. The van der Waals surface area contributed by atoms with Crippen LogP contribution in [0.25, 0.3) is 10.9 Å². The van der Waals surface area contributed by atoms with Crippen molar-refractivity contribution < 1.29 is 7.06 Å². The average molecular weight is 355 g/mol. The molecule has 3 nitrogen and oxygen atoms in total. The molecule has 0 amide bonds. The molecule has 0 atom stereocenters. The molecule has 1 aromatic heterocycles. The molecule has 1 radical (unpaired) electrons. The van der Waals surface area contributed by atoms with Crippen LogP contribution < -0.4 is 7.06 Å². The maximum atomic E-state index is 5.85. The molecular weight excluding hydrogens is 343 g/mol. The van der Waals surface area contributed by atoms with E-state index in [1.807, 2.05) is 49.4 Å². The van der Waals surface area contributed by atoms with Gasteiger partial charge in [0.1, 0.15) is 0 Å². The fourth-order valence-corrected chi connectivity index (χ4v) is 3.36. The van der Waals surface area contributed by atoms with Crippen LogP contribution in [0.1, 0.15) is 5.69 Å². The zero-order chi connectivity index (χ0) is 14.7. The van der Waals surface area contributed by atoms with Gasteiger partial charge in [0.2, 0.25) is 0 Å². The Morgan fingerprint density at radius 2 is 1.76 bits per heavy atom. The number of pyridine rings is 1. The van der Waals surface area contributed by atoms with Gasteiger partial charge >= 0.3 is 136 Å². The minimum atomic E-state index is -1.34. The first-order valence-electron chi connectivity index (χ1n) is 6.49. The number of aryl methyl sites for hydroxylation is 1. The molecular formula is C16H12ClGaNO2. The number of aromatic nitrogens is 1. The van der Waals surface area contributed by atoms with Crippen LogP contribution in [0, 0.1) is 6.92 Å². The van der Waals surface area contributed by atoms with E-state index >= 15 is 0 Å². The van der Waals surface area contributed by atoms with Crippen molar-refractivity contribution in [3.05, 3.63) is 65.3 Å². The van der Waals surface area contributed by atoms with Crippen molar-refractivity contribution in [2.45, 2.75) is 6.92 Å². The van der Waals surface area contributed by atoms with E-state index in [1.54, 1.807) is 12.1 Å². The van der Waals surface area contributed by atoms with Crippen molar-refractivity contribution in [1.82, 2.24) is 4.98 Å². The molecule has 0 aliphatic heterocycles. The summed E-state index contributed by atoms with van der Waals surface area (Å²) in [6.45, 7) is 1.97. The van der Waals surface area contributed by atoms with Gasteiger partial charge in [0, 0.05) is 0 Å². The number of halogens is 1. The van der Waals surface area contributed by atoms with Gasteiger partial charge in [-0.15, -0.1) is 0 Å². The van der Waals surface area contributed by atoms with Gasteiger partial charge in [-0.1, -0.05) is 0 Å². The van der Waals surface area contributed by atoms with E-state index in [0.29, 0.717) is 5.02 Å². The predicted molar refractivity (Wildman–Crippen MR) is 84.9 cm³/mol. The standard InChI is InChI=1S/C10H9NO.C6H5ClO.Ga/c1-7-5-6-8-3-2-4-9(12)10(8)11-7;7-5-1-3-6(8)4-2-5;/h2-6,12H,1H3;1-4,8H;/q;;+2/p-2. The topological polar surface area (TPSA) is 31.4 Å². The molecule has 0 saturated carbocycles. The molecule has 103 valence electrons. The van der Waals surface area contributed by atoms with E-state index in [0.717, 1.165) is 28.1 Å². The molecule has 3 aromatic rings. The summed E-state index contributed by atoms with van der Waals surface area (Å²) in [4.78, 5) is 4.54. The zero-order valence-corrected chi connectivity index (χ0v) is 14.6. The third-order valence-electron chi connectivity index (χ3n) is 3.00. The van der Waals surface area contributed by atoms with Gasteiger partial charge in [0.25, 0.3) is 0 Å². The Morgan fingerprint density at radius 3 is 2.57 bits per heavy atom. The molecule has 0 N–H and O–H groups in total. The van der Waals surface area contributed by atoms with Gasteiger partial charge in [-0.05, 0) is 0 Å². The quantitative estimate of drug-likeness (QED) is 0.658. The van der Waals surface area contributed by atoms with Gasteiger partial charge in [0.05, 0.1) is 0 Å². The number of nitrogens with zero attached hydrogens (tertiary/aromatic N) is 1. The van der Waals surface area contributed by atoms with Crippen LogP contribution in [0.2, 0.25) is 5.02 Å². The summed E-state index contributed by atoms with van der Waals surface area (Å²) in [5, 5.41) is 1.77. The summed E-state index contributed by atoms with van der Waals surface area (Å²) in [7, 11) is 0. The molecule has 5 heteroatoms. The fourth-order valence-electron chi connectivity index (χ4n) is 1.96. The molecule has 2 aromatic carbocycles. The van der Waals surface area contributed by atoms with Gasteiger partial charge < -0.3 is 0 Å². The Labute approximate surface area is 136 Å². The molecule has 1 heterocycles. The Hall–Kier alpha value is -1.62. The second-order valence-corrected chi connectivity index (χ2v) is 6.40. The van der Waals surface area contributed by atoms with Crippen molar-refractivity contribution in [3.63, 3.8) is 0 Å². The first-order chi connectivity index (χ1) is 10.2. The number of para-hydroxylation sites is 1. The molecule has 0 aliphatic rings. The molecule has 0 fully saturated rings. The SMILES string of the molecule is Cc1ccc2cccc([O][Ga][O]c3ccc(Cl)cc3)c2n1. The van der Waals surface area contributed by atoms with E-state index in [9.17, 15) is 0 Å². The monoisotopic (exact) mass is 354 g/mol. The maximum absolute atomic E-state index is 5.85. The number of hydrogen-bond acceptors (Lipinski definition) is 3. The summed E-state index contributed by atoms with van der Waals surface area (Å²) >= 11 is 4.50.